The second-order valence-corrected chi connectivity index (χ2v) is 10.2. The highest BCUT2D eigenvalue weighted by Gasteiger charge is 2.38. The van der Waals surface area contributed by atoms with Gasteiger partial charge in [-0.25, -0.2) is 0 Å². The topological polar surface area (TPSA) is 80.1 Å². The third-order valence-electron chi connectivity index (χ3n) is 6.89. The highest BCUT2D eigenvalue weighted by Crippen LogP contribution is 2.38. The normalized spacial score (nSPS) is 17.8. The van der Waals surface area contributed by atoms with Crippen LogP contribution in [0.15, 0.2) is 28.7 Å². The van der Waals surface area contributed by atoms with E-state index in [-0.39, 0.29) is 28.8 Å². The van der Waals surface area contributed by atoms with Crippen molar-refractivity contribution in [2.75, 3.05) is 33.3 Å². The van der Waals surface area contributed by atoms with Gasteiger partial charge in [0.2, 0.25) is 5.91 Å². The minimum Gasteiger partial charge on any atom is -0.497 e. The van der Waals surface area contributed by atoms with E-state index >= 15 is 0 Å². The predicted octanol–water partition coefficient (Wildman–Crippen LogP) is 4.06. The molecule has 7 heteroatoms. The average Bonchev–Trinajstić information content (AvgIpc) is 2.97. The standard InChI is InChI=1S/C27H34N2O5/c1-18-24-21(30)16-27(2,3)17-22(24)34-25(18)26(32)29-13-5-12-28(14-15-29)23(31)11-8-19-6-9-20(33-4)10-7-19/h6-7,9-10H,5,8,11-17H2,1-4H3. The van der Waals surface area contributed by atoms with E-state index in [0.717, 1.165) is 11.3 Å². The summed E-state index contributed by atoms with van der Waals surface area (Å²) in [5.41, 5.74) is 2.17. The van der Waals surface area contributed by atoms with Gasteiger partial charge in [0, 0.05) is 51.0 Å². The van der Waals surface area contributed by atoms with Gasteiger partial charge in [-0.05, 0) is 42.9 Å². The molecule has 0 bridgehead atoms. The summed E-state index contributed by atoms with van der Waals surface area (Å²) in [5.74, 6) is 1.67. The summed E-state index contributed by atoms with van der Waals surface area (Å²) in [7, 11) is 1.63. The fourth-order valence-corrected chi connectivity index (χ4v) is 5.00. The van der Waals surface area contributed by atoms with Crippen molar-refractivity contribution in [2.45, 2.75) is 52.9 Å². The van der Waals surface area contributed by atoms with E-state index in [2.05, 4.69) is 0 Å². The lowest BCUT2D eigenvalue weighted by Crippen LogP contribution is -2.37. The van der Waals surface area contributed by atoms with E-state index in [4.69, 9.17) is 9.15 Å². The molecule has 0 N–H and O–H groups in total. The number of furan rings is 1. The molecule has 2 heterocycles. The number of aryl methyl sites for hydroxylation is 1. The number of amides is 2. The number of ether oxygens (including phenoxy) is 1. The first-order chi connectivity index (χ1) is 16.2. The molecule has 1 aliphatic heterocycles. The Kier molecular flexibility index (Phi) is 6.82. The number of hydrogen-bond acceptors (Lipinski definition) is 5. The zero-order valence-corrected chi connectivity index (χ0v) is 20.6. The zero-order valence-electron chi connectivity index (χ0n) is 20.6. The molecule has 0 radical (unpaired) electrons. The van der Waals surface area contributed by atoms with Gasteiger partial charge in [0.05, 0.1) is 12.7 Å². The third-order valence-corrected chi connectivity index (χ3v) is 6.89. The number of nitrogens with zero attached hydrogens (tertiary/aromatic N) is 2. The highest BCUT2D eigenvalue weighted by atomic mass is 16.5. The minimum atomic E-state index is -0.190. The van der Waals surface area contributed by atoms with Crippen LogP contribution < -0.4 is 4.74 Å². The summed E-state index contributed by atoms with van der Waals surface area (Å²) in [6.45, 7) is 8.04. The van der Waals surface area contributed by atoms with Crippen LogP contribution in [0.5, 0.6) is 5.75 Å². The number of methoxy groups -OCH3 is 1. The second-order valence-electron chi connectivity index (χ2n) is 10.2. The largest absolute Gasteiger partial charge is 0.497 e. The van der Waals surface area contributed by atoms with Crippen LogP contribution in [0.25, 0.3) is 0 Å². The third kappa shape index (κ3) is 5.03. The molecular weight excluding hydrogens is 432 g/mol. The Bertz CT molecular complexity index is 1080. The lowest BCUT2D eigenvalue weighted by atomic mass is 9.76. The molecule has 2 aromatic rings. The molecule has 182 valence electrons. The van der Waals surface area contributed by atoms with Gasteiger partial charge in [-0.1, -0.05) is 26.0 Å². The summed E-state index contributed by atoms with van der Waals surface area (Å²) in [6, 6.07) is 7.76. The van der Waals surface area contributed by atoms with Gasteiger partial charge in [-0.3, -0.25) is 14.4 Å². The van der Waals surface area contributed by atoms with Crippen molar-refractivity contribution in [1.82, 2.24) is 9.80 Å². The summed E-state index contributed by atoms with van der Waals surface area (Å²) in [6.07, 6.45) is 2.93. The molecule has 1 fully saturated rings. The SMILES string of the molecule is COc1ccc(CCC(=O)N2CCCN(C(=O)c3oc4c(c3C)C(=O)CC(C)(C)C4)CC2)cc1. The maximum Gasteiger partial charge on any atom is 0.289 e. The van der Waals surface area contributed by atoms with Gasteiger partial charge < -0.3 is 19.0 Å². The van der Waals surface area contributed by atoms with Crippen LogP contribution in [0.1, 0.15) is 70.9 Å². The smallest absolute Gasteiger partial charge is 0.289 e. The first-order valence-electron chi connectivity index (χ1n) is 12.0. The number of carbonyl (C=O) groups excluding carboxylic acids is 3. The molecule has 0 saturated carbocycles. The Morgan fingerprint density at radius 3 is 2.41 bits per heavy atom. The monoisotopic (exact) mass is 466 g/mol. The number of ketones is 1. The highest BCUT2D eigenvalue weighted by molar-refractivity contribution is 6.03. The number of benzene rings is 1. The summed E-state index contributed by atoms with van der Waals surface area (Å²) in [5, 5.41) is 0. The van der Waals surface area contributed by atoms with Crippen LogP contribution in [-0.2, 0) is 17.6 Å². The summed E-state index contributed by atoms with van der Waals surface area (Å²) < 4.78 is 11.2. The van der Waals surface area contributed by atoms with E-state index < -0.39 is 0 Å². The van der Waals surface area contributed by atoms with Gasteiger partial charge in [-0.15, -0.1) is 0 Å². The fourth-order valence-electron chi connectivity index (χ4n) is 5.00. The average molecular weight is 467 g/mol. The molecule has 1 saturated heterocycles. The van der Waals surface area contributed by atoms with Crippen molar-refractivity contribution in [2.24, 2.45) is 5.41 Å². The molecule has 0 atom stereocenters. The van der Waals surface area contributed by atoms with Gasteiger partial charge in [0.25, 0.3) is 5.91 Å². The number of Topliss-reactive ketones (excluding diaryl/α,β-unsaturated/α-hetero) is 1. The van der Waals surface area contributed by atoms with E-state index in [1.165, 1.54) is 0 Å². The van der Waals surface area contributed by atoms with Crippen molar-refractivity contribution in [3.8, 4) is 5.75 Å². The Morgan fingerprint density at radius 1 is 1.03 bits per heavy atom. The van der Waals surface area contributed by atoms with Crippen LogP contribution in [-0.4, -0.2) is 60.7 Å². The Hall–Kier alpha value is -3.09. The molecule has 1 aromatic carbocycles. The molecule has 0 spiro atoms. The molecule has 34 heavy (non-hydrogen) atoms. The number of rotatable bonds is 5. The molecule has 0 unspecified atom stereocenters. The van der Waals surface area contributed by atoms with Crippen LogP contribution in [0.4, 0.5) is 0 Å². The lowest BCUT2D eigenvalue weighted by molar-refractivity contribution is -0.131. The zero-order chi connectivity index (χ0) is 24.5. The van der Waals surface area contributed by atoms with Gasteiger partial charge >= 0.3 is 0 Å². The first-order valence-corrected chi connectivity index (χ1v) is 12.0. The van der Waals surface area contributed by atoms with Gasteiger partial charge in [-0.2, -0.15) is 0 Å². The van der Waals surface area contributed by atoms with Crippen LogP contribution in [0.3, 0.4) is 0 Å². The van der Waals surface area contributed by atoms with Gasteiger partial charge in [0.15, 0.2) is 11.5 Å². The van der Waals surface area contributed by atoms with Gasteiger partial charge in [0.1, 0.15) is 11.5 Å². The van der Waals surface area contributed by atoms with Crippen molar-refractivity contribution >= 4 is 17.6 Å². The molecule has 1 aliphatic carbocycles. The number of fused-ring (bicyclic) bond motifs is 1. The maximum absolute atomic E-state index is 13.3. The number of hydrogen-bond donors (Lipinski definition) is 0. The van der Waals surface area contributed by atoms with Crippen molar-refractivity contribution in [1.29, 1.82) is 0 Å². The second kappa shape index (κ2) is 9.65. The Morgan fingerprint density at radius 2 is 1.71 bits per heavy atom. The molecular formula is C27H34N2O5. The molecule has 2 amide bonds. The number of carbonyl (C=O) groups is 3. The van der Waals surface area contributed by atoms with E-state index in [0.29, 0.717) is 75.2 Å². The van der Waals surface area contributed by atoms with E-state index in [1.54, 1.807) is 18.9 Å². The van der Waals surface area contributed by atoms with Crippen LogP contribution >= 0.6 is 0 Å². The maximum atomic E-state index is 13.3. The Balaban J connectivity index is 1.37. The lowest BCUT2D eigenvalue weighted by Gasteiger charge is -2.27. The first kappa shape index (κ1) is 24.0. The molecule has 2 aliphatic rings. The fraction of sp³-hybridized carbons (Fsp3) is 0.519. The predicted molar refractivity (Wildman–Crippen MR) is 128 cm³/mol. The molecule has 4 rings (SSSR count). The van der Waals surface area contributed by atoms with Crippen molar-refractivity contribution < 1.29 is 23.5 Å². The van der Waals surface area contributed by atoms with E-state index in [1.807, 2.05) is 43.0 Å². The van der Waals surface area contributed by atoms with Crippen molar-refractivity contribution in [3.63, 3.8) is 0 Å². The quantitative estimate of drug-likeness (QED) is 0.664. The minimum absolute atomic E-state index is 0.0519. The summed E-state index contributed by atoms with van der Waals surface area (Å²) in [4.78, 5) is 42.4. The van der Waals surface area contributed by atoms with Crippen LogP contribution in [0, 0.1) is 12.3 Å². The van der Waals surface area contributed by atoms with Crippen LogP contribution in [0.2, 0.25) is 0 Å². The molecule has 7 nitrogen and oxygen atoms in total. The van der Waals surface area contributed by atoms with Crippen molar-refractivity contribution in [3.05, 3.63) is 52.5 Å². The Labute approximate surface area is 201 Å². The van der Waals surface area contributed by atoms with E-state index in [9.17, 15) is 14.4 Å². The summed E-state index contributed by atoms with van der Waals surface area (Å²) >= 11 is 0. The molecule has 1 aromatic heterocycles.